The van der Waals surface area contributed by atoms with Crippen LogP contribution in [-0.4, -0.2) is 43.6 Å². The minimum absolute atomic E-state index is 0.0517. The number of nitrogens with zero attached hydrogens (tertiary/aromatic N) is 2. The van der Waals surface area contributed by atoms with Gasteiger partial charge in [-0.15, -0.1) is 5.10 Å². The zero-order valence-corrected chi connectivity index (χ0v) is 15.7. The van der Waals surface area contributed by atoms with Crippen LogP contribution in [0.2, 0.25) is 0 Å². The van der Waals surface area contributed by atoms with Crippen molar-refractivity contribution in [1.29, 1.82) is 0 Å². The third-order valence-electron chi connectivity index (χ3n) is 5.01. The molecule has 26 heavy (non-hydrogen) atoms. The van der Waals surface area contributed by atoms with Gasteiger partial charge in [-0.3, -0.25) is 15.1 Å². The van der Waals surface area contributed by atoms with Gasteiger partial charge in [0.15, 0.2) is 9.84 Å². The molecule has 3 N–H and O–H groups in total. The van der Waals surface area contributed by atoms with E-state index in [0.29, 0.717) is 18.4 Å². The number of rotatable bonds is 4. The lowest BCUT2D eigenvalue weighted by molar-refractivity contribution is 0.0975. The first kappa shape index (κ1) is 18.7. The Balaban J connectivity index is 1.65. The summed E-state index contributed by atoms with van der Waals surface area (Å²) in [5, 5.41) is 8.22. The minimum Gasteiger partial charge on any atom is -0.368 e. The lowest BCUT2D eigenvalue weighted by Gasteiger charge is -2.21. The van der Waals surface area contributed by atoms with E-state index in [9.17, 15) is 13.2 Å². The van der Waals surface area contributed by atoms with Crippen LogP contribution in [0.15, 0.2) is 34.3 Å². The Bertz CT molecular complexity index is 762. The van der Waals surface area contributed by atoms with Crippen molar-refractivity contribution in [3.63, 3.8) is 0 Å². The van der Waals surface area contributed by atoms with Gasteiger partial charge in [-0.1, -0.05) is 19.3 Å². The number of nitrogens with one attached hydrogen (secondary N) is 1. The van der Waals surface area contributed by atoms with Gasteiger partial charge >= 0.3 is 0 Å². The molecule has 1 aliphatic heterocycles. The van der Waals surface area contributed by atoms with Gasteiger partial charge in [0.1, 0.15) is 0 Å². The number of hydrogen-bond donors (Lipinski definition) is 2. The molecular weight excluding hydrogens is 352 g/mol. The number of carbonyl (C=O) groups is 1. The van der Waals surface area contributed by atoms with Gasteiger partial charge in [-0.2, -0.15) is 0 Å². The van der Waals surface area contributed by atoms with Crippen LogP contribution >= 0.6 is 0 Å². The van der Waals surface area contributed by atoms with Crippen molar-refractivity contribution in [1.82, 2.24) is 10.3 Å². The first-order chi connectivity index (χ1) is 12.5. The highest BCUT2D eigenvalue weighted by atomic mass is 32.2. The van der Waals surface area contributed by atoms with E-state index in [-0.39, 0.29) is 16.1 Å². The molecule has 1 aliphatic carbocycles. The molecular formula is C18H26N4O3S. The van der Waals surface area contributed by atoms with Crippen molar-refractivity contribution >= 4 is 21.7 Å². The number of guanidine groups is 1. The highest BCUT2D eigenvalue weighted by Crippen LogP contribution is 2.28. The molecule has 2 aliphatic rings. The maximum Gasteiger partial charge on any atom is 0.257 e. The molecule has 0 radical (unpaired) electrons. The van der Waals surface area contributed by atoms with Crippen molar-refractivity contribution in [3.05, 3.63) is 29.8 Å². The smallest absolute Gasteiger partial charge is 0.257 e. The van der Waals surface area contributed by atoms with Crippen molar-refractivity contribution in [2.45, 2.75) is 55.1 Å². The Morgan fingerprint density at radius 1 is 1.04 bits per heavy atom. The van der Waals surface area contributed by atoms with E-state index >= 15 is 0 Å². The predicted octanol–water partition coefficient (Wildman–Crippen LogP) is 1.85. The van der Waals surface area contributed by atoms with Crippen molar-refractivity contribution in [3.8, 4) is 0 Å². The summed E-state index contributed by atoms with van der Waals surface area (Å²) in [4.78, 5) is 12.5. The Kier molecular flexibility index (Phi) is 5.80. The molecule has 1 heterocycles. The monoisotopic (exact) mass is 378 g/mol. The maximum atomic E-state index is 12.7. The highest BCUT2D eigenvalue weighted by molar-refractivity contribution is 7.92. The first-order valence-corrected chi connectivity index (χ1v) is 10.8. The lowest BCUT2D eigenvalue weighted by atomic mass is 10.0. The zero-order chi connectivity index (χ0) is 18.6. The molecule has 1 amide bonds. The van der Waals surface area contributed by atoms with Gasteiger partial charge < -0.3 is 5.73 Å². The second-order valence-corrected chi connectivity index (χ2v) is 9.16. The van der Waals surface area contributed by atoms with Crippen LogP contribution in [-0.2, 0) is 9.84 Å². The van der Waals surface area contributed by atoms with Crippen molar-refractivity contribution < 1.29 is 13.2 Å². The van der Waals surface area contributed by atoms with Crippen molar-refractivity contribution in [2.24, 2.45) is 10.8 Å². The van der Waals surface area contributed by atoms with Crippen LogP contribution in [0, 0.1) is 0 Å². The molecule has 1 saturated heterocycles. The molecule has 7 nitrogen and oxygen atoms in total. The fraction of sp³-hybridized carbons (Fsp3) is 0.556. The van der Waals surface area contributed by atoms with E-state index in [2.05, 4.69) is 10.4 Å². The SMILES string of the molecule is NC(=NN1CCCC1)NC(=O)c1ccc(S(=O)(=O)C2CCCCC2)cc1. The first-order valence-electron chi connectivity index (χ1n) is 9.21. The molecule has 1 aromatic rings. The number of hydrazone groups is 1. The summed E-state index contributed by atoms with van der Waals surface area (Å²) < 4.78 is 25.4. The molecule has 0 spiro atoms. The topological polar surface area (TPSA) is 105 Å². The molecule has 1 saturated carbocycles. The van der Waals surface area contributed by atoms with E-state index in [4.69, 9.17) is 5.73 Å². The summed E-state index contributed by atoms with van der Waals surface area (Å²) in [5.74, 6) is -0.345. The molecule has 0 aromatic heterocycles. The second-order valence-electron chi connectivity index (χ2n) is 6.93. The van der Waals surface area contributed by atoms with E-state index in [1.807, 2.05) is 5.01 Å². The van der Waals surface area contributed by atoms with Crippen LogP contribution in [0.1, 0.15) is 55.3 Å². The Morgan fingerprint density at radius 2 is 1.65 bits per heavy atom. The molecule has 0 bridgehead atoms. The molecule has 3 rings (SSSR count). The second kappa shape index (κ2) is 8.07. The standard InChI is InChI=1S/C18H26N4O3S/c19-18(21-22-12-4-5-13-22)20-17(23)14-8-10-16(11-9-14)26(24,25)15-6-2-1-3-7-15/h8-11,15H,1-7,12-13H2,(H3,19,20,21,23). The van der Waals surface area contributed by atoms with Crippen LogP contribution in [0.3, 0.4) is 0 Å². The fourth-order valence-corrected chi connectivity index (χ4v) is 5.38. The Hall–Kier alpha value is -2.09. The molecule has 0 atom stereocenters. The summed E-state index contributed by atoms with van der Waals surface area (Å²) in [6.07, 6.45) is 6.59. The van der Waals surface area contributed by atoms with E-state index in [1.54, 1.807) is 0 Å². The summed E-state index contributed by atoms with van der Waals surface area (Å²) >= 11 is 0. The lowest BCUT2D eigenvalue weighted by Crippen LogP contribution is -2.38. The largest absolute Gasteiger partial charge is 0.368 e. The van der Waals surface area contributed by atoms with Gasteiger partial charge in [0.2, 0.25) is 5.96 Å². The molecule has 2 fully saturated rings. The number of sulfone groups is 1. The normalized spacial score (nSPS) is 19.5. The van der Waals surface area contributed by atoms with Crippen LogP contribution < -0.4 is 11.1 Å². The zero-order valence-electron chi connectivity index (χ0n) is 14.9. The van der Waals surface area contributed by atoms with Crippen LogP contribution in [0.4, 0.5) is 0 Å². The summed E-state index contributed by atoms with van der Waals surface area (Å²) in [6.45, 7) is 1.68. The Labute approximate surface area is 154 Å². The van der Waals surface area contributed by atoms with E-state index < -0.39 is 15.7 Å². The average Bonchev–Trinajstić information content (AvgIpc) is 3.15. The number of carbonyl (C=O) groups excluding carboxylic acids is 1. The fourth-order valence-electron chi connectivity index (χ4n) is 3.53. The molecule has 142 valence electrons. The van der Waals surface area contributed by atoms with E-state index in [0.717, 1.165) is 45.2 Å². The molecule has 0 unspecified atom stereocenters. The number of nitrogens with two attached hydrogens (primary N) is 1. The van der Waals surface area contributed by atoms with Gasteiger partial charge in [-0.05, 0) is 49.9 Å². The van der Waals surface area contributed by atoms with Crippen LogP contribution in [0.25, 0.3) is 0 Å². The quantitative estimate of drug-likeness (QED) is 0.614. The number of benzene rings is 1. The average molecular weight is 378 g/mol. The minimum atomic E-state index is -3.33. The van der Waals surface area contributed by atoms with Crippen LogP contribution in [0.5, 0.6) is 0 Å². The summed E-state index contributed by atoms with van der Waals surface area (Å²) in [6, 6.07) is 6.06. The number of amides is 1. The Morgan fingerprint density at radius 3 is 2.27 bits per heavy atom. The van der Waals surface area contributed by atoms with Gasteiger partial charge in [0, 0.05) is 18.7 Å². The third kappa shape index (κ3) is 4.35. The van der Waals surface area contributed by atoms with Gasteiger partial charge in [-0.25, -0.2) is 8.42 Å². The maximum absolute atomic E-state index is 12.7. The molecule has 1 aromatic carbocycles. The summed E-state index contributed by atoms with van der Waals surface area (Å²) in [5.41, 5.74) is 6.12. The van der Waals surface area contributed by atoms with Gasteiger partial charge in [0.25, 0.3) is 5.91 Å². The highest BCUT2D eigenvalue weighted by Gasteiger charge is 2.28. The summed E-state index contributed by atoms with van der Waals surface area (Å²) in [7, 11) is -3.33. The molecule has 8 heteroatoms. The third-order valence-corrected chi connectivity index (χ3v) is 7.29. The number of hydrogen-bond acceptors (Lipinski definition) is 5. The predicted molar refractivity (Wildman–Crippen MR) is 100 cm³/mol. The van der Waals surface area contributed by atoms with Gasteiger partial charge in [0.05, 0.1) is 10.1 Å². The van der Waals surface area contributed by atoms with Crippen molar-refractivity contribution in [2.75, 3.05) is 13.1 Å². The van der Waals surface area contributed by atoms with E-state index in [1.165, 1.54) is 24.3 Å².